The Morgan fingerprint density at radius 2 is 1.77 bits per heavy atom. The van der Waals surface area contributed by atoms with E-state index in [4.69, 9.17) is 4.74 Å². The summed E-state index contributed by atoms with van der Waals surface area (Å²) in [6.07, 6.45) is 5.01. The van der Waals surface area contributed by atoms with Crippen molar-refractivity contribution in [3.8, 4) is 5.75 Å². The fourth-order valence-corrected chi connectivity index (χ4v) is 4.36. The molecule has 7 nitrogen and oxygen atoms in total. The average Bonchev–Trinajstić information content (AvgIpc) is 2.77. The Balaban J connectivity index is 1.51. The van der Waals surface area contributed by atoms with Crippen LogP contribution in [0.3, 0.4) is 0 Å². The first-order valence-electron chi connectivity index (χ1n) is 11.5. The molecule has 0 aliphatic carbocycles. The minimum absolute atomic E-state index is 0.00400. The summed E-state index contributed by atoms with van der Waals surface area (Å²) in [6.45, 7) is 3.99. The molecule has 1 aromatic carbocycles. The van der Waals surface area contributed by atoms with Gasteiger partial charge in [0.05, 0.1) is 6.04 Å². The number of carbonyl (C=O) groups excluding carboxylic acids is 2. The number of amides is 2. The smallest absolute Gasteiger partial charge is 0.253 e. The van der Waals surface area contributed by atoms with Crippen molar-refractivity contribution in [2.45, 2.75) is 44.2 Å². The van der Waals surface area contributed by atoms with Crippen LogP contribution in [0.15, 0.2) is 24.3 Å². The monoisotopic (exact) mass is 430 g/mol. The summed E-state index contributed by atoms with van der Waals surface area (Å²) in [5.74, 6) is 1.00. The van der Waals surface area contributed by atoms with Crippen molar-refractivity contribution in [2.75, 3.05) is 60.9 Å². The van der Waals surface area contributed by atoms with Crippen molar-refractivity contribution in [3.05, 3.63) is 29.8 Å². The second-order valence-electron chi connectivity index (χ2n) is 9.19. The van der Waals surface area contributed by atoms with Gasteiger partial charge in [-0.3, -0.25) is 14.5 Å². The van der Waals surface area contributed by atoms with Gasteiger partial charge in [0.2, 0.25) is 5.91 Å². The molecule has 0 unspecified atom stereocenters. The van der Waals surface area contributed by atoms with E-state index in [1.54, 1.807) is 4.90 Å². The first-order chi connectivity index (χ1) is 14.8. The largest absolute Gasteiger partial charge is 0.490 e. The molecule has 0 spiro atoms. The van der Waals surface area contributed by atoms with E-state index in [2.05, 4.69) is 16.8 Å². The maximum Gasteiger partial charge on any atom is 0.253 e. The molecule has 0 aromatic heterocycles. The van der Waals surface area contributed by atoms with Crippen molar-refractivity contribution in [1.29, 1.82) is 0 Å². The predicted octanol–water partition coefficient (Wildman–Crippen LogP) is 2.17. The molecule has 2 heterocycles. The number of benzene rings is 1. The van der Waals surface area contributed by atoms with Crippen LogP contribution in [0.25, 0.3) is 0 Å². The molecule has 2 aliphatic heterocycles. The van der Waals surface area contributed by atoms with Crippen LogP contribution in [0.4, 0.5) is 0 Å². The molecule has 2 fully saturated rings. The minimum Gasteiger partial charge on any atom is -0.490 e. The number of carbonyl (C=O) groups is 2. The van der Waals surface area contributed by atoms with E-state index < -0.39 is 0 Å². The number of rotatable bonds is 7. The zero-order valence-corrected chi connectivity index (χ0v) is 19.5. The molecule has 1 aromatic rings. The Hall–Kier alpha value is -2.12. The molecule has 7 heteroatoms. The Labute approximate surface area is 186 Å². The summed E-state index contributed by atoms with van der Waals surface area (Å²) in [6, 6.07) is 7.50. The van der Waals surface area contributed by atoms with Crippen LogP contribution < -0.4 is 4.74 Å². The summed E-state index contributed by atoms with van der Waals surface area (Å²) in [5.41, 5.74) is 0.645. The van der Waals surface area contributed by atoms with Gasteiger partial charge < -0.3 is 19.4 Å². The van der Waals surface area contributed by atoms with Crippen molar-refractivity contribution >= 4 is 11.8 Å². The highest BCUT2D eigenvalue weighted by molar-refractivity contribution is 5.94. The van der Waals surface area contributed by atoms with Crippen molar-refractivity contribution in [1.82, 2.24) is 19.6 Å². The molecule has 2 aliphatic rings. The first kappa shape index (κ1) is 23.5. The maximum absolute atomic E-state index is 12.9. The molecule has 1 atom stereocenters. The highest BCUT2D eigenvalue weighted by atomic mass is 16.5. The number of nitrogens with zero attached hydrogens (tertiary/aromatic N) is 4. The van der Waals surface area contributed by atoms with Gasteiger partial charge in [0.15, 0.2) is 0 Å². The third-order valence-electron chi connectivity index (χ3n) is 6.42. The lowest BCUT2D eigenvalue weighted by Crippen LogP contribution is -2.52. The SMILES string of the molecule is CN(C)CCN(C)C(=O)c1cccc(OC2CCN(C(=O)[C@@H]3CCCCN3C)CC2)c1. The highest BCUT2D eigenvalue weighted by Gasteiger charge is 2.32. The lowest BCUT2D eigenvalue weighted by Gasteiger charge is -2.38. The van der Waals surface area contributed by atoms with Crippen molar-refractivity contribution < 1.29 is 14.3 Å². The third kappa shape index (κ3) is 6.43. The van der Waals surface area contributed by atoms with Gasteiger partial charge in [0, 0.05) is 51.6 Å². The molecule has 31 heavy (non-hydrogen) atoms. The van der Waals surface area contributed by atoms with Crippen LogP contribution in [0.1, 0.15) is 42.5 Å². The number of hydrogen-bond donors (Lipinski definition) is 0. The Morgan fingerprint density at radius 1 is 1.03 bits per heavy atom. The summed E-state index contributed by atoms with van der Waals surface area (Å²) in [7, 11) is 7.89. The van der Waals surface area contributed by atoms with Gasteiger partial charge in [0.25, 0.3) is 5.91 Å². The predicted molar refractivity (Wildman–Crippen MR) is 122 cm³/mol. The van der Waals surface area contributed by atoms with Crippen molar-refractivity contribution in [3.63, 3.8) is 0 Å². The first-order valence-corrected chi connectivity index (χ1v) is 11.5. The normalized spacial score (nSPS) is 20.7. The number of ether oxygens (including phenoxy) is 1. The topological polar surface area (TPSA) is 56.3 Å². The van der Waals surface area contributed by atoms with Crippen LogP contribution in [0.2, 0.25) is 0 Å². The van der Waals surface area contributed by atoms with E-state index in [-0.39, 0.29) is 24.0 Å². The second-order valence-corrected chi connectivity index (χ2v) is 9.19. The van der Waals surface area contributed by atoms with Crippen LogP contribution in [0, 0.1) is 0 Å². The van der Waals surface area contributed by atoms with Gasteiger partial charge in [-0.15, -0.1) is 0 Å². The molecule has 0 radical (unpaired) electrons. The van der Waals surface area contributed by atoms with E-state index >= 15 is 0 Å². The molecule has 0 bridgehead atoms. The van der Waals surface area contributed by atoms with Crippen LogP contribution >= 0.6 is 0 Å². The summed E-state index contributed by atoms with van der Waals surface area (Å²) in [4.78, 5) is 33.6. The van der Waals surface area contributed by atoms with E-state index in [9.17, 15) is 9.59 Å². The highest BCUT2D eigenvalue weighted by Crippen LogP contribution is 2.23. The summed E-state index contributed by atoms with van der Waals surface area (Å²) >= 11 is 0. The molecule has 2 saturated heterocycles. The lowest BCUT2D eigenvalue weighted by molar-refractivity contribution is -0.139. The van der Waals surface area contributed by atoms with Gasteiger partial charge >= 0.3 is 0 Å². The second kappa shape index (κ2) is 11.0. The van der Waals surface area contributed by atoms with Gasteiger partial charge in [-0.1, -0.05) is 12.5 Å². The maximum atomic E-state index is 12.9. The fraction of sp³-hybridized carbons (Fsp3) is 0.667. The Bertz CT molecular complexity index is 746. The van der Waals surface area contributed by atoms with E-state index in [1.165, 1.54) is 6.42 Å². The van der Waals surface area contributed by atoms with Gasteiger partial charge in [-0.05, 0) is 58.7 Å². The van der Waals surface area contributed by atoms with E-state index in [1.807, 2.05) is 50.3 Å². The minimum atomic E-state index is 0.00400. The molecular weight excluding hydrogens is 392 g/mol. The van der Waals surface area contributed by atoms with Crippen LogP contribution in [0.5, 0.6) is 5.75 Å². The summed E-state index contributed by atoms with van der Waals surface area (Å²) in [5, 5.41) is 0. The summed E-state index contributed by atoms with van der Waals surface area (Å²) < 4.78 is 6.19. The quantitative estimate of drug-likeness (QED) is 0.664. The van der Waals surface area contributed by atoms with Crippen LogP contribution in [-0.4, -0.2) is 104 Å². The molecular formula is C24H38N4O3. The molecule has 3 rings (SSSR count). The van der Waals surface area contributed by atoms with Gasteiger partial charge in [-0.2, -0.15) is 0 Å². The number of piperidine rings is 2. The lowest BCUT2D eigenvalue weighted by atomic mass is 10.00. The third-order valence-corrected chi connectivity index (χ3v) is 6.42. The molecule has 0 N–H and O–H groups in total. The van der Waals surface area contributed by atoms with E-state index in [0.717, 1.165) is 57.6 Å². The molecule has 0 saturated carbocycles. The van der Waals surface area contributed by atoms with Gasteiger partial charge in [-0.25, -0.2) is 0 Å². The number of likely N-dealkylation sites (tertiary alicyclic amines) is 2. The van der Waals surface area contributed by atoms with E-state index in [0.29, 0.717) is 12.1 Å². The molecule has 172 valence electrons. The zero-order valence-electron chi connectivity index (χ0n) is 19.5. The fourth-order valence-electron chi connectivity index (χ4n) is 4.36. The number of likely N-dealkylation sites (N-methyl/N-ethyl adjacent to an activating group) is 3. The Kier molecular flexibility index (Phi) is 8.32. The van der Waals surface area contributed by atoms with Crippen molar-refractivity contribution in [2.24, 2.45) is 0 Å². The van der Waals surface area contributed by atoms with Gasteiger partial charge in [0.1, 0.15) is 11.9 Å². The average molecular weight is 431 g/mol. The number of hydrogen-bond acceptors (Lipinski definition) is 5. The zero-order chi connectivity index (χ0) is 22.4. The standard InChI is InChI=1S/C24H38N4O3/c1-25(2)16-17-27(4)23(29)19-8-7-9-21(18-19)31-20-11-14-28(15-12-20)24(30)22-10-5-6-13-26(22)3/h7-9,18,20,22H,5-6,10-17H2,1-4H3/t22-/m0/s1. The van der Waals surface area contributed by atoms with Crippen LogP contribution in [-0.2, 0) is 4.79 Å². The molecule has 2 amide bonds. The Morgan fingerprint density at radius 3 is 2.45 bits per heavy atom.